The number of hydrogen-bond donors (Lipinski definition) is 1. The topological polar surface area (TPSA) is 15.3 Å². The Kier molecular flexibility index (Phi) is 1.41. The molecule has 0 aromatic rings. The van der Waals surface area contributed by atoms with Crippen LogP contribution in [0, 0.1) is 0 Å². The fourth-order valence-electron chi connectivity index (χ4n) is 2.17. The molecule has 0 aromatic heterocycles. The van der Waals surface area contributed by atoms with Crippen molar-refractivity contribution in [1.29, 1.82) is 0 Å². The summed E-state index contributed by atoms with van der Waals surface area (Å²) < 4.78 is 0. The molecule has 0 aromatic carbocycles. The molecule has 3 aliphatic rings. The fraction of sp³-hybridized carbons (Fsp3) is 0.556. The van der Waals surface area contributed by atoms with Crippen molar-refractivity contribution in [2.75, 3.05) is 0 Å². The van der Waals surface area contributed by atoms with Gasteiger partial charge in [0.25, 0.3) is 0 Å². The van der Waals surface area contributed by atoms with E-state index in [1.54, 1.807) is 0 Å². The summed E-state index contributed by atoms with van der Waals surface area (Å²) in [5.41, 5.74) is 0.528. The molecule has 1 fully saturated rings. The summed E-state index contributed by atoms with van der Waals surface area (Å²) >= 11 is 2.07. The fourth-order valence-corrected chi connectivity index (χ4v) is 3.68. The Bertz CT molecular complexity index is 249. The summed E-state index contributed by atoms with van der Waals surface area (Å²) in [6.07, 6.45) is 11.4. The Morgan fingerprint density at radius 1 is 1.33 bits per heavy atom. The molecule has 3 unspecified atom stereocenters. The average molecular weight is 180 g/mol. The Hall–Kier alpha value is -0.570. The second-order valence-electron chi connectivity index (χ2n) is 3.47. The van der Waals surface area contributed by atoms with Crippen molar-refractivity contribution in [2.24, 2.45) is 0 Å². The molecule has 12 heavy (non-hydrogen) atoms. The first-order valence-corrected chi connectivity index (χ1v) is 5.40. The molecule has 1 aliphatic carbocycles. The van der Waals surface area contributed by atoms with Crippen LogP contribution in [0.5, 0.6) is 0 Å². The summed E-state index contributed by atoms with van der Waals surface area (Å²) in [6, 6.07) is 0.747. The zero-order chi connectivity index (χ0) is 7.97. The number of nitrogens with one attached hydrogen (secondary N) is 1. The molecule has 0 saturated carbocycles. The van der Waals surface area contributed by atoms with Gasteiger partial charge in [-0.05, 0) is 12.8 Å². The largest absolute Gasteiger partial charge is 0.361 e. The number of nitrogens with zero attached hydrogens (tertiary/aromatic N) is 1. The van der Waals surface area contributed by atoms with Crippen molar-refractivity contribution in [3.8, 4) is 0 Å². The predicted molar refractivity (Wildman–Crippen MR) is 51.4 cm³/mol. The minimum atomic E-state index is 0.528. The van der Waals surface area contributed by atoms with Crippen LogP contribution in [0.15, 0.2) is 24.6 Å². The van der Waals surface area contributed by atoms with Crippen LogP contribution in [0.1, 0.15) is 12.8 Å². The molecule has 0 amide bonds. The molecule has 3 atom stereocenters. The van der Waals surface area contributed by atoms with E-state index in [0.29, 0.717) is 5.50 Å². The number of fused-ring (bicyclic) bond motifs is 3. The lowest BCUT2D eigenvalue weighted by atomic mass is 10.0. The van der Waals surface area contributed by atoms with E-state index in [-0.39, 0.29) is 0 Å². The highest BCUT2D eigenvalue weighted by Crippen LogP contribution is 2.41. The maximum Gasteiger partial charge on any atom is 0.148 e. The van der Waals surface area contributed by atoms with Gasteiger partial charge in [-0.15, -0.1) is 11.8 Å². The molecular formula is C9H12N2S. The molecule has 2 heterocycles. The molecule has 0 spiro atoms. The van der Waals surface area contributed by atoms with Crippen molar-refractivity contribution in [3.05, 3.63) is 24.6 Å². The molecule has 0 radical (unpaired) electrons. The van der Waals surface area contributed by atoms with Crippen molar-refractivity contribution in [3.63, 3.8) is 0 Å². The van der Waals surface area contributed by atoms with Gasteiger partial charge in [0.05, 0.1) is 0 Å². The first-order valence-electron chi connectivity index (χ1n) is 4.46. The average Bonchev–Trinajstić information content (AvgIpc) is 2.62. The molecule has 0 bridgehead atoms. The van der Waals surface area contributed by atoms with Gasteiger partial charge in [0.2, 0.25) is 0 Å². The first kappa shape index (κ1) is 6.89. The minimum Gasteiger partial charge on any atom is -0.361 e. The van der Waals surface area contributed by atoms with Crippen LogP contribution in [-0.4, -0.2) is 21.7 Å². The summed E-state index contributed by atoms with van der Waals surface area (Å²) in [5.74, 6) is 0. The van der Waals surface area contributed by atoms with Crippen molar-refractivity contribution in [1.82, 2.24) is 10.2 Å². The van der Waals surface area contributed by atoms with E-state index in [1.807, 2.05) is 0 Å². The zero-order valence-electron chi connectivity index (χ0n) is 6.81. The van der Waals surface area contributed by atoms with Crippen molar-refractivity contribution in [2.45, 2.75) is 29.6 Å². The lowest BCUT2D eigenvalue weighted by Crippen LogP contribution is -2.35. The Labute approximate surface area is 76.7 Å². The quantitative estimate of drug-likeness (QED) is 0.568. The molecule has 1 N–H and O–H groups in total. The number of thioether (sulfide) groups is 1. The van der Waals surface area contributed by atoms with Crippen LogP contribution in [0.3, 0.4) is 0 Å². The van der Waals surface area contributed by atoms with E-state index in [4.69, 9.17) is 0 Å². The normalized spacial score (nSPS) is 42.7. The molecule has 2 aliphatic heterocycles. The van der Waals surface area contributed by atoms with Crippen LogP contribution in [0.2, 0.25) is 0 Å². The van der Waals surface area contributed by atoms with Gasteiger partial charge in [0.1, 0.15) is 5.50 Å². The van der Waals surface area contributed by atoms with Gasteiger partial charge in [0, 0.05) is 23.7 Å². The molecule has 3 rings (SSSR count). The number of hydrogen-bond acceptors (Lipinski definition) is 3. The molecule has 3 heteroatoms. The standard InChI is InChI=1S/C9H12N2S/c1-2-4-8-7(3-1)11-6-5-10-9(11)12-8/h1-2,5-10H,3-4H2. The van der Waals surface area contributed by atoms with Crippen LogP contribution in [-0.2, 0) is 0 Å². The maximum absolute atomic E-state index is 3.36. The van der Waals surface area contributed by atoms with E-state index in [9.17, 15) is 0 Å². The summed E-state index contributed by atoms with van der Waals surface area (Å²) in [5, 5.41) is 4.17. The smallest absolute Gasteiger partial charge is 0.148 e. The highest BCUT2D eigenvalue weighted by atomic mass is 32.2. The van der Waals surface area contributed by atoms with E-state index >= 15 is 0 Å². The highest BCUT2D eigenvalue weighted by molar-refractivity contribution is 8.00. The number of rotatable bonds is 0. The zero-order valence-corrected chi connectivity index (χ0v) is 7.63. The van der Waals surface area contributed by atoms with Gasteiger partial charge in [0.15, 0.2) is 0 Å². The third kappa shape index (κ3) is 0.829. The minimum absolute atomic E-state index is 0.528. The molecule has 1 saturated heterocycles. The van der Waals surface area contributed by atoms with Gasteiger partial charge in [-0.25, -0.2) is 0 Å². The van der Waals surface area contributed by atoms with Crippen molar-refractivity contribution < 1.29 is 0 Å². The second kappa shape index (κ2) is 2.46. The Morgan fingerprint density at radius 2 is 2.25 bits per heavy atom. The van der Waals surface area contributed by atoms with Gasteiger partial charge in [-0.1, -0.05) is 12.2 Å². The summed E-state index contributed by atoms with van der Waals surface area (Å²) in [7, 11) is 0. The number of allylic oxidation sites excluding steroid dienone is 1. The molecule has 64 valence electrons. The van der Waals surface area contributed by atoms with Crippen LogP contribution < -0.4 is 5.32 Å². The van der Waals surface area contributed by atoms with Gasteiger partial charge >= 0.3 is 0 Å². The summed E-state index contributed by atoms with van der Waals surface area (Å²) in [4.78, 5) is 2.46. The summed E-state index contributed by atoms with van der Waals surface area (Å²) in [6.45, 7) is 0. The van der Waals surface area contributed by atoms with Gasteiger partial charge < -0.3 is 10.2 Å². The van der Waals surface area contributed by atoms with E-state index in [0.717, 1.165) is 11.3 Å². The van der Waals surface area contributed by atoms with Gasteiger partial charge in [-0.3, -0.25) is 0 Å². The Morgan fingerprint density at radius 3 is 3.25 bits per heavy atom. The van der Waals surface area contributed by atoms with E-state index in [2.05, 4.69) is 46.5 Å². The third-order valence-corrected chi connectivity index (χ3v) is 4.28. The SMILES string of the molecule is C1=CCC2C(C1)SC1NC=CN12. The Balaban J connectivity index is 1.88. The first-order chi connectivity index (χ1) is 5.95. The van der Waals surface area contributed by atoms with Crippen LogP contribution >= 0.6 is 11.8 Å². The third-order valence-electron chi connectivity index (χ3n) is 2.78. The predicted octanol–water partition coefficient (Wildman–Crippen LogP) is 1.48. The lowest BCUT2D eigenvalue weighted by Gasteiger charge is -2.26. The van der Waals surface area contributed by atoms with Gasteiger partial charge in [-0.2, -0.15) is 0 Å². The highest BCUT2D eigenvalue weighted by Gasteiger charge is 2.41. The lowest BCUT2D eigenvalue weighted by molar-refractivity contribution is 0.282. The maximum atomic E-state index is 3.36. The van der Waals surface area contributed by atoms with Crippen molar-refractivity contribution >= 4 is 11.8 Å². The second-order valence-corrected chi connectivity index (χ2v) is 4.79. The van der Waals surface area contributed by atoms with E-state index < -0.39 is 0 Å². The molecule has 2 nitrogen and oxygen atoms in total. The monoisotopic (exact) mass is 180 g/mol. The van der Waals surface area contributed by atoms with E-state index in [1.165, 1.54) is 12.8 Å². The molecular weight excluding hydrogens is 168 g/mol. The van der Waals surface area contributed by atoms with Crippen LogP contribution in [0.25, 0.3) is 0 Å². The van der Waals surface area contributed by atoms with Crippen LogP contribution in [0.4, 0.5) is 0 Å².